The molecule has 1 saturated heterocycles. The molecule has 0 radical (unpaired) electrons. The first-order chi connectivity index (χ1) is 11.1. The van der Waals surface area contributed by atoms with Gasteiger partial charge in [-0.3, -0.25) is 9.69 Å². The van der Waals surface area contributed by atoms with Crippen molar-refractivity contribution in [3.63, 3.8) is 0 Å². The zero-order valence-corrected chi connectivity index (χ0v) is 14.6. The van der Waals surface area contributed by atoms with Crippen molar-refractivity contribution in [1.29, 1.82) is 0 Å². The zero-order valence-electron chi connectivity index (χ0n) is 14.6. The van der Waals surface area contributed by atoms with Gasteiger partial charge in [-0.25, -0.2) is 0 Å². The fourth-order valence-electron chi connectivity index (χ4n) is 4.05. The van der Waals surface area contributed by atoms with Crippen LogP contribution in [0.15, 0.2) is 11.0 Å². The SMILES string of the molecule is Cc1c[nH]c(CN2CCO[C@@H](CC3CCCCC3)C2)c(C)c1=O. The lowest BCUT2D eigenvalue weighted by Crippen LogP contribution is -2.43. The number of aromatic amines is 1. The van der Waals surface area contributed by atoms with Crippen LogP contribution in [0.2, 0.25) is 0 Å². The van der Waals surface area contributed by atoms with E-state index in [1.807, 2.05) is 20.0 Å². The molecule has 4 heteroatoms. The molecule has 0 aromatic carbocycles. The van der Waals surface area contributed by atoms with Gasteiger partial charge in [0.1, 0.15) is 0 Å². The molecule has 1 N–H and O–H groups in total. The molecule has 0 amide bonds. The van der Waals surface area contributed by atoms with Gasteiger partial charge in [0.25, 0.3) is 0 Å². The molecule has 0 unspecified atom stereocenters. The van der Waals surface area contributed by atoms with E-state index < -0.39 is 0 Å². The number of hydrogen-bond donors (Lipinski definition) is 1. The summed E-state index contributed by atoms with van der Waals surface area (Å²) < 4.78 is 6.01. The Morgan fingerprint density at radius 3 is 2.83 bits per heavy atom. The Bertz CT molecular complexity index is 575. The summed E-state index contributed by atoms with van der Waals surface area (Å²) in [5, 5.41) is 0. The molecule has 1 aromatic rings. The average molecular weight is 318 g/mol. The van der Waals surface area contributed by atoms with Gasteiger partial charge in [-0.15, -0.1) is 0 Å². The number of rotatable bonds is 4. The third-order valence-corrected chi connectivity index (χ3v) is 5.54. The van der Waals surface area contributed by atoms with Crippen molar-refractivity contribution in [1.82, 2.24) is 9.88 Å². The van der Waals surface area contributed by atoms with Crippen LogP contribution < -0.4 is 5.43 Å². The largest absolute Gasteiger partial charge is 0.376 e. The van der Waals surface area contributed by atoms with Crippen molar-refractivity contribution in [2.45, 2.75) is 65.0 Å². The monoisotopic (exact) mass is 318 g/mol. The van der Waals surface area contributed by atoms with Crippen LogP contribution >= 0.6 is 0 Å². The maximum absolute atomic E-state index is 12.1. The third-order valence-electron chi connectivity index (χ3n) is 5.54. The van der Waals surface area contributed by atoms with Gasteiger partial charge in [-0.2, -0.15) is 0 Å². The number of pyridine rings is 1. The molecule has 23 heavy (non-hydrogen) atoms. The molecule has 1 aliphatic heterocycles. The minimum atomic E-state index is 0.172. The lowest BCUT2D eigenvalue weighted by atomic mass is 9.85. The smallest absolute Gasteiger partial charge is 0.187 e. The molecule has 1 saturated carbocycles. The molecule has 2 fully saturated rings. The Hall–Kier alpha value is -1.13. The van der Waals surface area contributed by atoms with E-state index in [1.54, 1.807) is 0 Å². The van der Waals surface area contributed by atoms with Gasteiger partial charge in [0.2, 0.25) is 0 Å². The Balaban J connectivity index is 1.58. The number of morpholine rings is 1. The maximum atomic E-state index is 12.1. The predicted molar refractivity (Wildman–Crippen MR) is 92.7 cm³/mol. The Kier molecular flexibility index (Phi) is 5.54. The number of aryl methyl sites for hydroxylation is 1. The van der Waals surface area contributed by atoms with Crippen molar-refractivity contribution in [2.75, 3.05) is 19.7 Å². The summed E-state index contributed by atoms with van der Waals surface area (Å²) in [7, 11) is 0. The first-order valence-corrected chi connectivity index (χ1v) is 9.15. The first-order valence-electron chi connectivity index (χ1n) is 9.15. The lowest BCUT2D eigenvalue weighted by Gasteiger charge is -2.35. The quantitative estimate of drug-likeness (QED) is 0.927. The second-order valence-electron chi connectivity index (χ2n) is 7.37. The van der Waals surface area contributed by atoms with Crippen LogP contribution in [-0.4, -0.2) is 35.7 Å². The molecule has 2 heterocycles. The Labute approximate surface area is 139 Å². The number of hydrogen-bond acceptors (Lipinski definition) is 3. The number of nitrogens with one attached hydrogen (secondary N) is 1. The molecule has 3 rings (SSSR count). The van der Waals surface area contributed by atoms with E-state index in [9.17, 15) is 4.79 Å². The molecule has 1 aliphatic carbocycles. The van der Waals surface area contributed by atoms with Crippen LogP contribution in [0.4, 0.5) is 0 Å². The van der Waals surface area contributed by atoms with E-state index in [-0.39, 0.29) is 5.43 Å². The molecule has 0 spiro atoms. The molecule has 0 bridgehead atoms. The number of ether oxygens (including phenoxy) is 1. The van der Waals surface area contributed by atoms with Gasteiger partial charge >= 0.3 is 0 Å². The summed E-state index contributed by atoms with van der Waals surface area (Å²) in [5.74, 6) is 0.856. The van der Waals surface area contributed by atoms with Crippen LogP contribution in [0.1, 0.15) is 55.3 Å². The van der Waals surface area contributed by atoms with Gasteiger partial charge in [0, 0.05) is 42.7 Å². The lowest BCUT2D eigenvalue weighted by molar-refractivity contribution is -0.0443. The highest BCUT2D eigenvalue weighted by Gasteiger charge is 2.25. The van der Waals surface area contributed by atoms with Gasteiger partial charge in [0.05, 0.1) is 12.7 Å². The van der Waals surface area contributed by atoms with Crippen LogP contribution in [-0.2, 0) is 11.3 Å². The summed E-state index contributed by atoms with van der Waals surface area (Å²) in [6.45, 7) is 7.38. The fraction of sp³-hybridized carbons (Fsp3) is 0.737. The average Bonchev–Trinajstić information content (AvgIpc) is 2.57. The summed E-state index contributed by atoms with van der Waals surface area (Å²) in [4.78, 5) is 17.8. The topological polar surface area (TPSA) is 45.3 Å². The maximum Gasteiger partial charge on any atom is 0.187 e. The van der Waals surface area contributed by atoms with Crippen molar-refractivity contribution in [2.24, 2.45) is 5.92 Å². The van der Waals surface area contributed by atoms with Crippen molar-refractivity contribution in [3.05, 3.63) is 33.2 Å². The zero-order chi connectivity index (χ0) is 16.2. The molecular formula is C19H30N2O2. The molecule has 4 nitrogen and oxygen atoms in total. The summed E-state index contributed by atoms with van der Waals surface area (Å²) in [5.41, 5.74) is 2.88. The summed E-state index contributed by atoms with van der Waals surface area (Å²) >= 11 is 0. The van der Waals surface area contributed by atoms with Gasteiger partial charge in [0.15, 0.2) is 5.43 Å². The molecule has 128 valence electrons. The molecule has 1 aromatic heterocycles. The highest BCUT2D eigenvalue weighted by molar-refractivity contribution is 5.23. The summed E-state index contributed by atoms with van der Waals surface area (Å²) in [6, 6.07) is 0. The van der Waals surface area contributed by atoms with Crippen LogP contribution in [0.5, 0.6) is 0 Å². The Morgan fingerprint density at radius 2 is 2.04 bits per heavy atom. The fourth-order valence-corrected chi connectivity index (χ4v) is 4.05. The van der Waals surface area contributed by atoms with Gasteiger partial charge in [-0.05, 0) is 26.2 Å². The summed E-state index contributed by atoms with van der Waals surface area (Å²) in [6.07, 6.45) is 10.4. The highest BCUT2D eigenvalue weighted by Crippen LogP contribution is 2.29. The number of aromatic nitrogens is 1. The first kappa shape index (κ1) is 16.7. The van der Waals surface area contributed by atoms with E-state index in [0.29, 0.717) is 6.10 Å². The minimum Gasteiger partial charge on any atom is -0.376 e. The van der Waals surface area contributed by atoms with Gasteiger partial charge < -0.3 is 9.72 Å². The highest BCUT2D eigenvalue weighted by atomic mass is 16.5. The van der Waals surface area contributed by atoms with Crippen molar-refractivity contribution < 1.29 is 4.74 Å². The van der Waals surface area contributed by atoms with Gasteiger partial charge in [-0.1, -0.05) is 32.1 Å². The molecule has 2 aliphatic rings. The normalized spacial score (nSPS) is 24.0. The second-order valence-corrected chi connectivity index (χ2v) is 7.37. The minimum absolute atomic E-state index is 0.172. The van der Waals surface area contributed by atoms with Crippen LogP contribution in [0.3, 0.4) is 0 Å². The van der Waals surface area contributed by atoms with Crippen molar-refractivity contribution in [3.8, 4) is 0 Å². The standard InChI is InChI=1S/C19H30N2O2/c1-14-11-20-18(15(2)19(14)22)13-21-8-9-23-17(12-21)10-16-6-4-3-5-7-16/h11,16-17H,3-10,12-13H2,1-2H3,(H,20,22)/t17-/m0/s1. The van der Waals surface area contributed by atoms with E-state index in [4.69, 9.17) is 4.74 Å². The number of nitrogens with zero attached hydrogens (tertiary/aromatic N) is 1. The molecular weight excluding hydrogens is 288 g/mol. The third kappa shape index (κ3) is 4.24. The van der Waals surface area contributed by atoms with E-state index in [2.05, 4.69) is 9.88 Å². The van der Waals surface area contributed by atoms with Crippen LogP contribution in [0, 0.1) is 19.8 Å². The number of H-pyrrole nitrogens is 1. The van der Waals surface area contributed by atoms with E-state index >= 15 is 0 Å². The van der Waals surface area contributed by atoms with Crippen molar-refractivity contribution >= 4 is 0 Å². The van der Waals surface area contributed by atoms with E-state index in [0.717, 1.165) is 49.0 Å². The van der Waals surface area contributed by atoms with E-state index in [1.165, 1.54) is 38.5 Å². The predicted octanol–water partition coefficient (Wildman–Crippen LogP) is 3.16. The second kappa shape index (κ2) is 7.63. The van der Waals surface area contributed by atoms with Crippen LogP contribution in [0.25, 0.3) is 0 Å². The molecule has 1 atom stereocenters. The Morgan fingerprint density at radius 1 is 1.26 bits per heavy atom.